The number of halogens is 1. The number of benzene rings is 1. The van der Waals surface area contributed by atoms with E-state index in [1.54, 1.807) is 4.68 Å². The lowest BCUT2D eigenvalue weighted by Gasteiger charge is -2.01. The minimum Gasteiger partial charge on any atom is -0.481 e. The number of carboxylic acids is 1. The number of rotatable bonds is 4. The summed E-state index contributed by atoms with van der Waals surface area (Å²) in [5.41, 5.74) is 2.69. The van der Waals surface area contributed by atoms with Crippen LogP contribution < -0.4 is 0 Å². The van der Waals surface area contributed by atoms with E-state index in [2.05, 4.69) is 5.10 Å². The van der Waals surface area contributed by atoms with Crippen molar-refractivity contribution >= 4 is 17.6 Å². The van der Waals surface area contributed by atoms with Crippen LogP contribution in [0, 0.1) is 6.92 Å². The number of carbonyl (C=O) groups is 1. The Kier molecular flexibility index (Phi) is 3.67. The molecule has 1 heterocycles. The van der Waals surface area contributed by atoms with Gasteiger partial charge in [-0.1, -0.05) is 29.8 Å². The Labute approximate surface area is 110 Å². The van der Waals surface area contributed by atoms with Crippen LogP contribution in [0.5, 0.6) is 0 Å². The van der Waals surface area contributed by atoms with Crippen molar-refractivity contribution in [2.45, 2.75) is 19.9 Å². The largest absolute Gasteiger partial charge is 0.481 e. The number of aromatic nitrogens is 2. The summed E-state index contributed by atoms with van der Waals surface area (Å²) in [4.78, 5) is 10.5. The molecule has 94 valence electrons. The molecular weight excluding hydrogens is 252 g/mol. The molecule has 0 amide bonds. The second-order valence-electron chi connectivity index (χ2n) is 4.01. The third-order valence-electron chi connectivity index (χ3n) is 2.67. The summed E-state index contributed by atoms with van der Waals surface area (Å²) in [7, 11) is 0. The lowest BCUT2D eigenvalue weighted by Crippen LogP contribution is -2.04. The van der Waals surface area contributed by atoms with Gasteiger partial charge in [-0.3, -0.25) is 9.48 Å². The molecule has 0 aliphatic rings. The summed E-state index contributed by atoms with van der Waals surface area (Å²) >= 11 is 6.14. The van der Waals surface area contributed by atoms with Crippen LogP contribution in [-0.2, 0) is 11.3 Å². The van der Waals surface area contributed by atoms with Crippen molar-refractivity contribution in [3.63, 3.8) is 0 Å². The third-order valence-corrected chi connectivity index (χ3v) is 2.99. The maximum Gasteiger partial charge on any atom is 0.305 e. The van der Waals surface area contributed by atoms with Gasteiger partial charge in [0.1, 0.15) is 0 Å². The highest BCUT2D eigenvalue weighted by atomic mass is 35.5. The molecule has 0 spiro atoms. The van der Waals surface area contributed by atoms with Gasteiger partial charge in [0.05, 0.1) is 18.7 Å². The van der Waals surface area contributed by atoms with Crippen LogP contribution in [0.4, 0.5) is 0 Å². The Balaban J connectivity index is 2.30. The SMILES string of the molecule is Cc1nn(CCC(=O)O)cc1-c1ccccc1Cl. The maximum atomic E-state index is 10.5. The second kappa shape index (κ2) is 5.23. The van der Waals surface area contributed by atoms with Gasteiger partial charge in [0, 0.05) is 22.3 Å². The normalized spacial score (nSPS) is 10.6. The zero-order valence-corrected chi connectivity index (χ0v) is 10.7. The van der Waals surface area contributed by atoms with Crippen molar-refractivity contribution in [1.29, 1.82) is 0 Å². The topological polar surface area (TPSA) is 55.1 Å². The van der Waals surface area contributed by atoms with E-state index in [-0.39, 0.29) is 6.42 Å². The van der Waals surface area contributed by atoms with Crippen molar-refractivity contribution in [3.05, 3.63) is 41.2 Å². The van der Waals surface area contributed by atoms with Gasteiger partial charge < -0.3 is 5.11 Å². The Morgan fingerprint density at radius 1 is 1.39 bits per heavy atom. The quantitative estimate of drug-likeness (QED) is 0.924. The summed E-state index contributed by atoms with van der Waals surface area (Å²) in [6.07, 6.45) is 1.89. The van der Waals surface area contributed by atoms with E-state index in [9.17, 15) is 4.79 Å². The molecule has 4 nitrogen and oxygen atoms in total. The molecule has 2 rings (SSSR count). The lowest BCUT2D eigenvalue weighted by molar-refractivity contribution is -0.137. The predicted molar refractivity (Wildman–Crippen MR) is 69.7 cm³/mol. The molecule has 0 unspecified atom stereocenters. The van der Waals surface area contributed by atoms with Gasteiger partial charge >= 0.3 is 5.97 Å². The van der Waals surface area contributed by atoms with Gasteiger partial charge in [0.15, 0.2) is 0 Å². The molecule has 0 bridgehead atoms. The van der Waals surface area contributed by atoms with Crippen LogP contribution in [0.1, 0.15) is 12.1 Å². The van der Waals surface area contributed by atoms with Gasteiger partial charge in [-0.25, -0.2) is 0 Å². The molecule has 0 atom stereocenters. The molecular formula is C13H13ClN2O2. The molecule has 2 aromatic rings. The molecule has 0 fully saturated rings. The first-order valence-corrected chi connectivity index (χ1v) is 5.96. The summed E-state index contributed by atoms with van der Waals surface area (Å²) in [6, 6.07) is 7.53. The fraction of sp³-hybridized carbons (Fsp3) is 0.231. The fourth-order valence-electron chi connectivity index (χ4n) is 1.79. The van der Waals surface area contributed by atoms with Crippen LogP contribution in [0.25, 0.3) is 11.1 Å². The van der Waals surface area contributed by atoms with Crippen LogP contribution >= 0.6 is 11.6 Å². The molecule has 1 aromatic carbocycles. The Bertz CT molecular complexity index is 578. The Hall–Kier alpha value is -1.81. The predicted octanol–water partition coefficient (Wildman–Crippen LogP) is 2.99. The van der Waals surface area contributed by atoms with Gasteiger partial charge in [0.2, 0.25) is 0 Å². The second-order valence-corrected chi connectivity index (χ2v) is 4.42. The standard InChI is InChI=1S/C13H13ClN2O2/c1-9-11(10-4-2-3-5-12(10)14)8-16(15-9)7-6-13(17)18/h2-5,8H,6-7H2,1H3,(H,17,18). The Morgan fingerprint density at radius 3 is 2.78 bits per heavy atom. The van der Waals surface area contributed by atoms with Gasteiger partial charge in [0.25, 0.3) is 0 Å². The minimum absolute atomic E-state index is 0.0586. The average molecular weight is 265 g/mol. The van der Waals surface area contributed by atoms with E-state index in [1.807, 2.05) is 37.4 Å². The summed E-state index contributed by atoms with van der Waals surface area (Å²) in [5, 5.41) is 13.6. The van der Waals surface area contributed by atoms with Gasteiger partial charge in [-0.15, -0.1) is 0 Å². The first-order chi connectivity index (χ1) is 8.58. The molecule has 0 aliphatic carbocycles. The van der Waals surface area contributed by atoms with E-state index >= 15 is 0 Å². The zero-order valence-electron chi connectivity index (χ0n) is 9.93. The molecule has 18 heavy (non-hydrogen) atoms. The van der Waals surface area contributed by atoms with Gasteiger partial charge in [-0.2, -0.15) is 5.10 Å². The number of hydrogen-bond acceptors (Lipinski definition) is 2. The average Bonchev–Trinajstić information content (AvgIpc) is 2.69. The summed E-state index contributed by atoms with van der Waals surface area (Å²) in [5.74, 6) is -0.831. The van der Waals surface area contributed by atoms with Crippen molar-refractivity contribution in [2.75, 3.05) is 0 Å². The fourth-order valence-corrected chi connectivity index (χ4v) is 2.02. The number of carboxylic acid groups (broad SMARTS) is 1. The van der Waals surface area contributed by atoms with Crippen LogP contribution in [-0.4, -0.2) is 20.9 Å². The van der Waals surface area contributed by atoms with Crippen LogP contribution in [0.2, 0.25) is 5.02 Å². The van der Waals surface area contributed by atoms with E-state index < -0.39 is 5.97 Å². The number of aliphatic carboxylic acids is 1. The number of aryl methyl sites for hydroxylation is 2. The van der Waals surface area contributed by atoms with E-state index in [4.69, 9.17) is 16.7 Å². The summed E-state index contributed by atoms with van der Waals surface area (Å²) < 4.78 is 1.64. The molecule has 5 heteroatoms. The number of nitrogens with zero attached hydrogens (tertiary/aromatic N) is 2. The molecule has 0 saturated carbocycles. The third kappa shape index (κ3) is 2.71. The maximum absolute atomic E-state index is 10.5. The molecule has 1 aromatic heterocycles. The van der Waals surface area contributed by atoms with Gasteiger partial charge in [-0.05, 0) is 13.0 Å². The minimum atomic E-state index is -0.831. The molecule has 0 saturated heterocycles. The molecule has 1 N–H and O–H groups in total. The molecule has 0 radical (unpaired) electrons. The van der Waals surface area contributed by atoms with E-state index in [0.717, 1.165) is 16.8 Å². The first kappa shape index (κ1) is 12.6. The van der Waals surface area contributed by atoms with Crippen LogP contribution in [0.15, 0.2) is 30.5 Å². The highest BCUT2D eigenvalue weighted by Crippen LogP contribution is 2.29. The first-order valence-electron chi connectivity index (χ1n) is 5.58. The van der Waals surface area contributed by atoms with E-state index in [0.29, 0.717) is 11.6 Å². The zero-order chi connectivity index (χ0) is 13.1. The van der Waals surface area contributed by atoms with Crippen molar-refractivity contribution in [3.8, 4) is 11.1 Å². The Morgan fingerprint density at radius 2 is 2.11 bits per heavy atom. The van der Waals surface area contributed by atoms with E-state index in [1.165, 1.54) is 0 Å². The molecule has 0 aliphatic heterocycles. The monoisotopic (exact) mass is 264 g/mol. The highest BCUT2D eigenvalue weighted by molar-refractivity contribution is 6.33. The highest BCUT2D eigenvalue weighted by Gasteiger charge is 2.10. The van der Waals surface area contributed by atoms with Crippen molar-refractivity contribution in [1.82, 2.24) is 9.78 Å². The van der Waals surface area contributed by atoms with Crippen molar-refractivity contribution in [2.24, 2.45) is 0 Å². The lowest BCUT2D eigenvalue weighted by atomic mass is 10.1. The van der Waals surface area contributed by atoms with Crippen molar-refractivity contribution < 1.29 is 9.90 Å². The number of hydrogen-bond donors (Lipinski definition) is 1. The van der Waals surface area contributed by atoms with Crippen LogP contribution in [0.3, 0.4) is 0 Å². The smallest absolute Gasteiger partial charge is 0.305 e. The summed E-state index contributed by atoms with van der Waals surface area (Å²) in [6.45, 7) is 2.25.